The molecule has 1 aliphatic heterocycles. The molecule has 1 amide bonds. The molecule has 8 nitrogen and oxygen atoms in total. The number of nitrogens with zero attached hydrogens (tertiary/aromatic N) is 2. The summed E-state index contributed by atoms with van der Waals surface area (Å²) in [5.74, 6) is 0.105. The van der Waals surface area contributed by atoms with Crippen molar-refractivity contribution in [1.29, 1.82) is 0 Å². The van der Waals surface area contributed by atoms with Gasteiger partial charge in [0.1, 0.15) is 11.8 Å². The second kappa shape index (κ2) is 11.6. The molecule has 170 valence electrons. The Labute approximate surface area is 181 Å². The molecule has 1 atom stereocenters. The first kappa shape index (κ1) is 24.6. The van der Waals surface area contributed by atoms with Gasteiger partial charge in [-0.1, -0.05) is 13.8 Å². The lowest BCUT2D eigenvalue weighted by molar-refractivity contribution is -0.123. The number of amides is 1. The van der Waals surface area contributed by atoms with E-state index in [1.165, 1.54) is 19.2 Å². The quantitative estimate of drug-likeness (QED) is 0.502. The molecule has 0 spiro atoms. The Bertz CT molecular complexity index is 760. The lowest BCUT2D eigenvalue weighted by Gasteiger charge is -2.32. The smallest absolute Gasteiger partial charge is 0.241 e. The largest absolute Gasteiger partial charge is 0.497 e. The second-order valence-corrected chi connectivity index (χ2v) is 9.88. The van der Waals surface area contributed by atoms with E-state index in [0.29, 0.717) is 12.3 Å². The summed E-state index contributed by atoms with van der Waals surface area (Å²) in [6.07, 6.45) is 1.88. The number of rotatable bonds is 11. The van der Waals surface area contributed by atoms with Crippen molar-refractivity contribution in [3.63, 3.8) is 0 Å². The molecular formula is C21H36N4O4S. The van der Waals surface area contributed by atoms with E-state index >= 15 is 0 Å². The van der Waals surface area contributed by atoms with Crippen LogP contribution < -0.4 is 14.8 Å². The van der Waals surface area contributed by atoms with Crippen LogP contribution in [0.15, 0.2) is 29.2 Å². The lowest BCUT2D eigenvalue weighted by Crippen LogP contribution is -2.49. The third-order valence-corrected chi connectivity index (χ3v) is 6.85. The highest BCUT2D eigenvalue weighted by Crippen LogP contribution is 2.16. The van der Waals surface area contributed by atoms with Crippen molar-refractivity contribution < 1.29 is 17.9 Å². The van der Waals surface area contributed by atoms with E-state index in [0.717, 1.165) is 45.6 Å². The fraction of sp³-hybridized carbons (Fsp3) is 0.667. The maximum atomic E-state index is 12.7. The van der Waals surface area contributed by atoms with E-state index in [-0.39, 0.29) is 16.7 Å². The Balaban J connectivity index is 1.80. The van der Waals surface area contributed by atoms with Crippen LogP contribution in [0.4, 0.5) is 0 Å². The van der Waals surface area contributed by atoms with Gasteiger partial charge in [-0.25, -0.2) is 8.42 Å². The summed E-state index contributed by atoms with van der Waals surface area (Å²) in [6, 6.07) is 5.28. The van der Waals surface area contributed by atoms with Gasteiger partial charge in [-0.15, -0.1) is 0 Å². The zero-order chi connectivity index (χ0) is 22.1. The van der Waals surface area contributed by atoms with Gasteiger partial charge in [0.25, 0.3) is 0 Å². The Morgan fingerprint density at radius 3 is 2.30 bits per heavy atom. The van der Waals surface area contributed by atoms with E-state index in [4.69, 9.17) is 4.74 Å². The summed E-state index contributed by atoms with van der Waals surface area (Å²) in [5.41, 5.74) is 0. The summed E-state index contributed by atoms with van der Waals surface area (Å²) < 4.78 is 33.0. The minimum Gasteiger partial charge on any atom is -0.497 e. The van der Waals surface area contributed by atoms with Crippen LogP contribution in [-0.4, -0.2) is 83.6 Å². The van der Waals surface area contributed by atoms with E-state index in [2.05, 4.69) is 26.9 Å². The first-order valence-electron chi connectivity index (χ1n) is 10.6. The Morgan fingerprint density at radius 2 is 1.73 bits per heavy atom. The summed E-state index contributed by atoms with van der Waals surface area (Å²) >= 11 is 0. The molecule has 1 aromatic carbocycles. The number of ether oxygens (including phenoxy) is 1. The second-order valence-electron chi connectivity index (χ2n) is 8.16. The highest BCUT2D eigenvalue weighted by Gasteiger charge is 2.28. The van der Waals surface area contributed by atoms with Crippen molar-refractivity contribution >= 4 is 15.9 Å². The highest BCUT2D eigenvalue weighted by molar-refractivity contribution is 7.89. The van der Waals surface area contributed by atoms with Crippen LogP contribution in [0.2, 0.25) is 0 Å². The number of likely N-dealkylation sites (N-methyl/N-ethyl adjacent to an activating group) is 1. The van der Waals surface area contributed by atoms with Crippen molar-refractivity contribution in [3.05, 3.63) is 24.3 Å². The molecule has 0 saturated carbocycles. The Hall–Kier alpha value is -1.68. The van der Waals surface area contributed by atoms with Crippen LogP contribution in [0, 0.1) is 5.92 Å². The number of nitrogens with one attached hydrogen (secondary N) is 2. The van der Waals surface area contributed by atoms with Gasteiger partial charge in [-0.3, -0.25) is 4.79 Å². The van der Waals surface area contributed by atoms with Crippen molar-refractivity contribution in [2.75, 3.05) is 53.4 Å². The molecule has 0 unspecified atom stereocenters. The molecule has 1 aliphatic rings. The van der Waals surface area contributed by atoms with Gasteiger partial charge < -0.3 is 19.9 Å². The van der Waals surface area contributed by atoms with Crippen LogP contribution in [-0.2, 0) is 14.8 Å². The molecule has 1 heterocycles. The fourth-order valence-corrected chi connectivity index (χ4v) is 4.68. The lowest BCUT2D eigenvalue weighted by atomic mass is 10.1. The summed E-state index contributed by atoms with van der Waals surface area (Å²) in [5, 5.41) is 2.89. The van der Waals surface area contributed by atoms with Crippen molar-refractivity contribution in [2.45, 2.75) is 37.6 Å². The van der Waals surface area contributed by atoms with Crippen LogP contribution in [0.5, 0.6) is 5.75 Å². The van der Waals surface area contributed by atoms with Gasteiger partial charge in [0.2, 0.25) is 15.9 Å². The molecule has 1 aromatic rings. The fourth-order valence-electron chi connectivity index (χ4n) is 3.34. The SMILES string of the molecule is COc1ccc(S(=O)(=O)N[C@H](C(=O)NCCCCN2CCN(C)CC2)C(C)C)cc1. The number of unbranched alkanes of at least 4 members (excludes halogenated alkanes) is 1. The first-order valence-corrected chi connectivity index (χ1v) is 12.1. The number of hydrogen-bond donors (Lipinski definition) is 2. The summed E-state index contributed by atoms with van der Waals surface area (Å²) in [7, 11) is -0.146. The molecule has 1 fully saturated rings. The van der Waals surface area contributed by atoms with Crippen molar-refractivity contribution in [3.8, 4) is 5.75 Å². The third kappa shape index (κ3) is 7.54. The van der Waals surface area contributed by atoms with Crippen LogP contribution in [0.1, 0.15) is 26.7 Å². The molecule has 1 saturated heterocycles. The van der Waals surface area contributed by atoms with Gasteiger partial charge >= 0.3 is 0 Å². The molecule has 0 bridgehead atoms. The standard InChI is InChI=1S/C21H36N4O4S/c1-17(2)20(23-30(27,28)19-9-7-18(29-4)8-10-19)21(26)22-11-5-6-12-25-15-13-24(3)14-16-25/h7-10,17,20,23H,5-6,11-16H2,1-4H3,(H,22,26)/t20-/m0/s1. The van der Waals surface area contributed by atoms with Crippen LogP contribution in [0.3, 0.4) is 0 Å². The molecule has 0 radical (unpaired) electrons. The number of piperazine rings is 1. The predicted octanol–water partition coefficient (Wildman–Crippen LogP) is 1.14. The average molecular weight is 441 g/mol. The van der Waals surface area contributed by atoms with E-state index in [1.54, 1.807) is 12.1 Å². The zero-order valence-corrected chi connectivity index (χ0v) is 19.4. The van der Waals surface area contributed by atoms with Crippen molar-refractivity contribution in [1.82, 2.24) is 19.8 Å². The predicted molar refractivity (Wildman–Crippen MR) is 118 cm³/mol. The van der Waals surface area contributed by atoms with Gasteiger partial charge in [0, 0.05) is 32.7 Å². The first-order chi connectivity index (χ1) is 14.2. The van der Waals surface area contributed by atoms with E-state index < -0.39 is 16.1 Å². The Kier molecular flexibility index (Phi) is 9.54. The monoisotopic (exact) mass is 440 g/mol. The number of carbonyl (C=O) groups is 1. The Morgan fingerprint density at radius 1 is 1.10 bits per heavy atom. The van der Waals surface area contributed by atoms with Crippen LogP contribution >= 0.6 is 0 Å². The molecule has 0 aromatic heterocycles. The minimum absolute atomic E-state index is 0.105. The molecule has 2 N–H and O–H groups in total. The van der Waals surface area contributed by atoms with E-state index in [1.807, 2.05) is 13.8 Å². The molecular weight excluding hydrogens is 404 g/mol. The minimum atomic E-state index is -3.81. The van der Waals surface area contributed by atoms with Gasteiger partial charge in [-0.2, -0.15) is 4.72 Å². The highest BCUT2D eigenvalue weighted by atomic mass is 32.2. The number of methoxy groups -OCH3 is 1. The maximum absolute atomic E-state index is 12.7. The van der Waals surface area contributed by atoms with E-state index in [9.17, 15) is 13.2 Å². The van der Waals surface area contributed by atoms with Crippen LogP contribution in [0.25, 0.3) is 0 Å². The summed E-state index contributed by atoms with van der Waals surface area (Å²) in [6.45, 7) is 9.60. The number of sulfonamides is 1. The third-order valence-electron chi connectivity index (χ3n) is 5.40. The zero-order valence-electron chi connectivity index (χ0n) is 18.6. The number of benzene rings is 1. The average Bonchev–Trinajstić information content (AvgIpc) is 2.73. The van der Waals surface area contributed by atoms with Crippen molar-refractivity contribution in [2.24, 2.45) is 5.92 Å². The number of carbonyl (C=O) groups excluding carboxylic acids is 1. The molecule has 0 aliphatic carbocycles. The number of hydrogen-bond acceptors (Lipinski definition) is 6. The maximum Gasteiger partial charge on any atom is 0.241 e. The molecule has 2 rings (SSSR count). The molecule has 30 heavy (non-hydrogen) atoms. The van der Waals surface area contributed by atoms with Gasteiger partial charge in [0.05, 0.1) is 12.0 Å². The topological polar surface area (TPSA) is 91.0 Å². The van der Waals surface area contributed by atoms with Gasteiger partial charge in [0.15, 0.2) is 0 Å². The summed E-state index contributed by atoms with van der Waals surface area (Å²) in [4.78, 5) is 17.5. The molecule has 9 heteroatoms. The normalized spacial score (nSPS) is 17.1. The van der Waals surface area contributed by atoms with Gasteiger partial charge in [-0.05, 0) is 56.6 Å².